The van der Waals surface area contributed by atoms with Crippen molar-refractivity contribution in [2.24, 2.45) is 0 Å². The Morgan fingerprint density at radius 2 is 1.83 bits per heavy atom. The van der Waals surface area contributed by atoms with E-state index in [0.717, 1.165) is 38.0 Å². The van der Waals surface area contributed by atoms with Crippen molar-refractivity contribution in [3.63, 3.8) is 0 Å². The van der Waals surface area contributed by atoms with Gasteiger partial charge in [-0.3, -0.25) is 0 Å². The maximum absolute atomic E-state index is 6.05. The number of benzene rings is 2. The average molecular weight is 367 g/mol. The number of fused-ring (bicyclic) bond motifs is 1. The molecule has 4 rings (SSSR count). The molecule has 0 aliphatic rings. The molecule has 0 N–H and O–H groups in total. The predicted octanol–water partition coefficient (Wildman–Crippen LogP) is 5.66. The van der Waals surface area contributed by atoms with Gasteiger partial charge in [0.1, 0.15) is 5.52 Å². The number of halogens is 1. The highest BCUT2D eigenvalue weighted by Gasteiger charge is 2.14. The lowest BCUT2D eigenvalue weighted by Gasteiger charge is -2.03. The van der Waals surface area contributed by atoms with E-state index >= 15 is 0 Å². The molecule has 0 bridgehead atoms. The zero-order valence-corrected chi connectivity index (χ0v) is 14.5. The molecule has 2 aromatic carbocycles. The van der Waals surface area contributed by atoms with Crippen molar-refractivity contribution in [2.75, 3.05) is 0 Å². The van der Waals surface area contributed by atoms with Crippen LogP contribution in [0, 0.1) is 13.8 Å². The van der Waals surface area contributed by atoms with Gasteiger partial charge in [-0.25, -0.2) is 4.98 Å². The summed E-state index contributed by atoms with van der Waals surface area (Å²) in [6, 6.07) is 14.3. The van der Waals surface area contributed by atoms with Crippen LogP contribution in [-0.2, 0) is 0 Å². The SMILES string of the molecule is Cc1c(Br)cccc1-c1nc2cc(-n3cccc3)cc(C)c2o1. The van der Waals surface area contributed by atoms with E-state index in [0.29, 0.717) is 5.89 Å². The predicted molar refractivity (Wildman–Crippen MR) is 95.9 cm³/mol. The quantitative estimate of drug-likeness (QED) is 0.457. The van der Waals surface area contributed by atoms with Gasteiger partial charge < -0.3 is 8.98 Å². The third-order valence-corrected chi connectivity index (χ3v) is 4.92. The van der Waals surface area contributed by atoms with Gasteiger partial charge in [-0.05, 0) is 61.4 Å². The monoisotopic (exact) mass is 366 g/mol. The second-order valence-electron chi connectivity index (χ2n) is 5.63. The largest absolute Gasteiger partial charge is 0.436 e. The third kappa shape index (κ3) is 2.39. The van der Waals surface area contributed by atoms with Gasteiger partial charge >= 0.3 is 0 Å². The Morgan fingerprint density at radius 3 is 2.61 bits per heavy atom. The summed E-state index contributed by atoms with van der Waals surface area (Å²) in [6.45, 7) is 4.12. The zero-order chi connectivity index (χ0) is 16.0. The number of aromatic nitrogens is 2. The zero-order valence-electron chi connectivity index (χ0n) is 12.9. The lowest BCUT2D eigenvalue weighted by Crippen LogP contribution is -1.90. The van der Waals surface area contributed by atoms with Crippen LogP contribution in [0.2, 0.25) is 0 Å². The molecule has 0 aliphatic carbocycles. The molecule has 0 amide bonds. The standard InChI is InChI=1S/C19H15BrN2O/c1-12-10-14(22-8-3-4-9-22)11-17-18(12)23-19(21-17)15-6-5-7-16(20)13(15)2/h3-11H,1-2H3. The first-order valence-corrected chi connectivity index (χ1v) is 8.23. The topological polar surface area (TPSA) is 31.0 Å². The first kappa shape index (κ1) is 14.3. The maximum atomic E-state index is 6.05. The summed E-state index contributed by atoms with van der Waals surface area (Å²) in [7, 11) is 0. The molecule has 4 heteroatoms. The minimum Gasteiger partial charge on any atom is -0.436 e. The van der Waals surface area contributed by atoms with Crippen LogP contribution in [0.25, 0.3) is 28.2 Å². The second kappa shape index (κ2) is 5.39. The molecular weight excluding hydrogens is 352 g/mol. The fraction of sp³-hybridized carbons (Fsp3) is 0.105. The smallest absolute Gasteiger partial charge is 0.227 e. The summed E-state index contributed by atoms with van der Waals surface area (Å²) in [5.74, 6) is 0.659. The van der Waals surface area contributed by atoms with Crippen LogP contribution in [0.15, 0.2) is 63.7 Å². The second-order valence-corrected chi connectivity index (χ2v) is 6.49. The molecule has 0 spiro atoms. The summed E-state index contributed by atoms with van der Waals surface area (Å²) in [6.07, 6.45) is 4.06. The van der Waals surface area contributed by atoms with E-state index in [1.54, 1.807) is 0 Å². The molecule has 0 atom stereocenters. The van der Waals surface area contributed by atoms with Crippen molar-refractivity contribution in [3.8, 4) is 17.1 Å². The van der Waals surface area contributed by atoms with Gasteiger partial charge in [-0.1, -0.05) is 22.0 Å². The minimum atomic E-state index is 0.659. The molecule has 23 heavy (non-hydrogen) atoms. The molecule has 0 saturated heterocycles. The van der Waals surface area contributed by atoms with E-state index < -0.39 is 0 Å². The molecule has 2 aromatic heterocycles. The summed E-state index contributed by atoms with van der Waals surface area (Å²) in [5.41, 5.74) is 6.03. The van der Waals surface area contributed by atoms with Crippen molar-refractivity contribution < 1.29 is 4.42 Å². The Bertz CT molecular complexity index is 1000. The maximum Gasteiger partial charge on any atom is 0.227 e. The van der Waals surface area contributed by atoms with Crippen molar-refractivity contribution in [1.82, 2.24) is 9.55 Å². The first-order valence-electron chi connectivity index (χ1n) is 7.43. The van der Waals surface area contributed by atoms with Gasteiger partial charge in [0, 0.05) is 28.1 Å². The minimum absolute atomic E-state index is 0.659. The molecule has 3 nitrogen and oxygen atoms in total. The van der Waals surface area contributed by atoms with Crippen LogP contribution in [0.1, 0.15) is 11.1 Å². The lowest BCUT2D eigenvalue weighted by atomic mass is 10.1. The molecule has 114 valence electrons. The van der Waals surface area contributed by atoms with Gasteiger partial charge in [0.15, 0.2) is 5.58 Å². The fourth-order valence-electron chi connectivity index (χ4n) is 2.79. The van der Waals surface area contributed by atoms with Gasteiger partial charge in [0.2, 0.25) is 5.89 Å². The number of oxazole rings is 1. The van der Waals surface area contributed by atoms with Crippen molar-refractivity contribution in [3.05, 3.63) is 70.5 Å². The van der Waals surface area contributed by atoms with Crippen LogP contribution in [0.4, 0.5) is 0 Å². The Kier molecular flexibility index (Phi) is 3.34. The number of hydrogen-bond acceptors (Lipinski definition) is 2. The molecule has 4 aromatic rings. The molecule has 0 unspecified atom stereocenters. The van der Waals surface area contributed by atoms with E-state index in [9.17, 15) is 0 Å². The van der Waals surface area contributed by atoms with Crippen LogP contribution in [-0.4, -0.2) is 9.55 Å². The Hall–Kier alpha value is -2.33. The number of nitrogens with zero attached hydrogens (tertiary/aromatic N) is 2. The lowest BCUT2D eigenvalue weighted by molar-refractivity contribution is 0.616. The van der Waals surface area contributed by atoms with Crippen LogP contribution >= 0.6 is 15.9 Å². The number of hydrogen-bond donors (Lipinski definition) is 0. The Labute approximate surface area is 142 Å². The molecule has 0 saturated carbocycles. The number of aryl methyl sites for hydroxylation is 1. The van der Waals surface area contributed by atoms with Crippen LogP contribution in [0.3, 0.4) is 0 Å². The van der Waals surface area contributed by atoms with Crippen molar-refractivity contribution >= 4 is 27.0 Å². The highest BCUT2D eigenvalue weighted by Crippen LogP contribution is 2.32. The van der Waals surface area contributed by atoms with E-state index in [1.807, 2.05) is 42.7 Å². The van der Waals surface area contributed by atoms with Crippen molar-refractivity contribution in [1.29, 1.82) is 0 Å². The molecule has 0 aliphatic heterocycles. The van der Waals surface area contributed by atoms with E-state index in [1.165, 1.54) is 0 Å². The van der Waals surface area contributed by atoms with E-state index in [2.05, 4.69) is 46.5 Å². The Morgan fingerprint density at radius 1 is 1.04 bits per heavy atom. The summed E-state index contributed by atoms with van der Waals surface area (Å²) >= 11 is 3.57. The van der Waals surface area contributed by atoms with E-state index in [-0.39, 0.29) is 0 Å². The summed E-state index contributed by atoms with van der Waals surface area (Å²) in [4.78, 5) is 4.72. The summed E-state index contributed by atoms with van der Waals surface area (Å²) < 4.78 is 9.18. The van der Waals surface area contributed by atoms with Gasteiger partial charge in [-0.2, -0.15) is 0 Å². The van der Waals surface area contributed by atoms with Crippen LogP contribution < -0.4 is 0 Å². The highest BCUT2D eigenvalue weighted by molar-refractivity contribution is 9.10. The first-order chi connectivity index (χ1) is 11.1. The van der Waals surface area contributed by atoms with Gasteiger partial charge in [-0.15, -0.1) is 0 Å². The highest BCUT2D eigenvalue weighted by atomic mass is 79.9. The Balaban J connectivity index is 1.91. The van der Waals surface area contributed by atoms with Crippen molar-refractivity contribution in [2.45, 2.75) is 13.8 Å². The third-order valence-electron chi connectivity index (χ3n) is 4.06. The number of rotatable bonds is 2. The fourth-order valence-corrected chi connectivity index (χ4v) is 3.16. The van der Waals surface area contributed by atoms with Gasteiger partial charge in [0.25, 0.3) is 0 Å². The summed E-state index contributed by atoms with van der Waals surface area (Å²) in [5, 5.41) is 0. The van der Waals surface area contributed by atoms with Crippen LogP contribution in [0.5, 0.6) is 0 Å². The molecule has 0 fully saturated rings. The normalized spacial score (nSPS) is 11.3. The molecule has 2 heterocycles. The average Bonchev–Trinajstić information content (AvgIpc) is 3.19. The molecular formula is C19H15BrN2O. The van der Waals surface area contributed by atoms with Gasteiger partial charge in [0.05, 0.1) is 0 Å². The molecule has 0 radical (unpaired) electrons. The van der Waals surface area contributed by atoms with E-state index in [4.69, 9.17) is 9.40 Å².